The minimum Gasteiger partial charge on any atom is -0.378 e. The highest BCUT2D eigenvalue weighted by atomic mass is 32.1. The minimum atomic E-state index is 0.617. The Balaban J connectivity index is 2.27. The van der Waals surface area contributed by atoms with Crippen LogP contribution in [0.15, 0.2) is 24.3 Å². The van der Waals surface area contributed by atoms with Crippen LogP contribution in [0.4, 0.5) is 10.8 Å². The van der Waals surface area contributed by atoms with E-state index >= 15 is 0 Å². The molecular formula is C10H13N5S. The fourth-order valence-corrected chi connectivity index (χ4v) is 1.96. The van der Waals surface area contributed by atoms with Crippen molar-refractivity contribution in [3.63, 3.8) is 0 Å². The summed E-state index contributed by atoms with van der Waals surface area (Å²) in [4.78, 5) is 2.05. The summed E-state index contributed by atoms with van der Waals surface area (Å²) >= 11 is 1.43. The van der Waals surface area contributed by atoms with Crippen LogP contribution in [0.3, 0.4) is 0 Å². The van der Waals surface area contributed by atoms with E-state index in [1.807, 2.05) is 38.4 Å². The Labute approximate surface area is 97.9 Å². The first kappa shape index (κ1) is 10.8. The zero-order chi connectivity index (χ0) is 11.5. The van der Waals surface area contributed by atoms with Gasteiger partial charge in [0, 0.05) is 25.3 Å². The van der Waals surface area contributed by atoms with Crippen LogP contribution in [-0.2, 0) is 0 Å². The van der Waals surface area contributed by atoms with Crippen LogP contribution in [-0.4, -0.2) is 24.3 Å². The quantitative estimate of drug-likeness (QED) is 0.624. The van der Waals surface area contributed by atoms with Crippen molar-refractivity contribution in [2.75, 3.05) is 24.4 Å². The molecule has 1 aromatic carbocycles. The Bertz CT molecular complexity index is 462. The fraction of sp³-hybridized carbons (Fsp3) is 0.200. The van der Waals surface area contributed by atoms with Gasteiger partial charge in [-0.25, -0.2) is 5.84 Å². The Kier molecular flexibility index (Phi) is 3.02. The van der Waals surface area contributed by atoms with Gasteiger partial charge in [-0.1, -0.05) is 11.3 Å². The van der Waals surface area contributed by atoms with Crippen LogP contribution in [0.2, 0.25) is 0 Å². The number of benzene rings is 1. The molecule has 0 radical (unpaired) electrons. The first-order chi connectivity index (χ1) is 7.70. The second-order valence-corrected chi connectivity index (χ2v) is 4.48. The fourth-order valence-electron chi connectivity index (χ4n) is 1.30. The Hall–Kier alpha value is -1.66. The number of rotatable bonds is 3. The van der Waals surface area contributed by atoms with Gasteiger partial charge in [-0.3, -0.25) is 5.43 Å². The smallest absolute Gasteiger partial charge is 0.220 e. The molecule has 0 unspecified atom stereocenters. The van der Waals surface area contributed by atoms with Gasteiger partial charge in [-0.05, 0) is 24.3 Å². The zero-order valence-corrected chi connectivity index (χ0v) is 9.95. The second-order valence-electron chi connectivity index (χ2n) is 3.50. The molecule has 16 heavy (non-hydrogen) atoms. The normalized spacial score (nSPS) is 10.2. The van der Waals surface area contributed by atoms with E-state index in [0.29, 0.717) is 5.13 Å². The molecule has 84 valence electrons. The first-order valence-corrected chi connectivity index (χ1v) is 5.60. The molecule has 0 amide bonds. The maximum absolute atomic E-state index is 5.26. The molecule has 0 saturated carbocycles. The molecule has 0 aliphatic heterocycles. The van der Waals surface area contributed by atoms with Gasteiger partial charge < -0.3 is 4.90 Å². The van der Waals surface area contributed by atoms with Crippen LogP contribution in [0.1, 0.15) is 0 Å². The number of nitrogens with one attached hydrogen (secondary N) is 1. The number of nitrogens with zero attached hydrogens (tertiary/aromatic N) is 3. The Morgan fingerprint density at radius 2 is 1.88 bits per heavy atom. The molecule has 0 bridgehead atoms. The molecule has 5 nitrogen and oxygen atoms in total. The number of anilines is 2. The van der Waals surface area contributed by atoms with Crippen molar-refractivity contribution in [3.05, 3.63) is 24.3 Å². The van der Waals surface area contributed by atoms with Crippen LogP contribution in [0.5, 0.6) is 0 Å². The number of nitrogen functional groups attached to an aromatic ring is 1. The largest absolute Gasteiger partial charge is 0.378 e. The third-order valence-corrected chi connectivity index (χ3v) is 3.08. The molecule has 1 aromatic heterocycles. The predicted octanol–water partition coefficient (Wildman–Crippen LogP) is 1.56. The summed E-state index contributed by atoms with van der Waals surface area (Å²) in [6.07, 6.45) is 0. The topological polar surface area (TPSA) is 67.1 Å². The molecule has 0 aliphatic carbocycles. The summed E-state index contributed by atoms with van der Waals surface area (Å²) < 4.78 is 0. The Morgan fingerprint density at radius 1 is 1.19 bits per heavy atom. The lowest BCUT2D eigenvalue weighted by Crippen LogP contribution is -2.07. The number of hydrazine groups is 1. The van der Waals surface area contributed by atoms with Crippen molar-refractivity contribution in [2.24, 2.45) is 5.84 Å². The van der Waals surface area contributed by atoms with E-state index in [0.717, 1.165) is 16.3 Å². The molecule has 0 saturated heterocycles. The van der Waals surface area contributed by atoms with Crippen molar-refractivity contribution >= 4 is 22.2 Å². The monoisotopic (exact) mass is 235 g/mol. The highest BCUT2D eigenvalue weighted by Crippen LogP contribution is 2.27. The van der Waals surface area contributed by atoms with Crippen LogP contribution in [0.25, 0.3) is 10.6 Å². The summed E-state index contributed by atoms with van der Waals surface area (Å²) in [5.74, 6) is 5.26. The molecule has 2 aromatic rings. The number of nitrogens with two attached hydrogens (primary N) is 1. The zero-order valence-electron chi connectivity index (χ0n) is 9.14. The maximum atomic E-state index is 5.26. The molecule has 3 N–H and O–H groups in total. The van der Waals surface area contributed by atoms with E-state index in [1.165, 1.54) is 11.3 Å². The predicted molar refractivity (Wildman–Crippen MR) is 67.5 cm³/mol. The van der Waals surface area contributed by atoms with Crippen molar-refractivity contribution in [3.8, 4) is 10.6 Å². The van der Waals surface area contributed by atoms with Gasteiger partial charge in [-0.15, -0.1) is 10.2 Å². The molecule has 6 heteroatoms. The van der Waals surface area contributed by atoms with E-state index in [4.69, 9.17) is 5.84 Å². The van der Waals surface area contributed by atoms with E-state index in [2.05, 4.69) is 20.5 Å². The van der Waals surface area contributed by atoms with Gasteiger partial charge in [0.25, 0.3) is 0 Å². The van der Waals surface area contributed by atoms with E-state index in [-0.39, 0.29) is 0 Å². The molecule has 0 atom stereocenters. The molecule has 0 aliphatic rings. The average Bonchev–Trinajstić information content (AvgIpc) is 2.77. The third kappa shape index (κ3) is 2.12. The summed E-state index contributed by atoms with van der Waals surface area (Å²) in [6, 6.07) is 8.14. The van der Waals surface area contributed by atoms with Gasteiger partial charge in [0.05, 0.1) is 0 Å². The van der Waals surface area contributed by atoms with Crippen molar-refractivity contribution in [1.82, 2.24) is 10.2 Å². The Morgan fingerprint density at radius 3 is 2.38 bits per heavy atom. The SMILES string of the molecule is CN(C)c1ccc(-c2nnc(NN)s2)cc1. The van der Waals surface area contributed by atoms with Crippen LogP contribution in [0, 0.1) is 0 Å². The van der Waals surface area contributed by atoms with Crippen LogP contribution < -0.4 is 16.2 Å². The lowest BCUT2D eigenvalue weighted by molar-refractivity contribution is 1.08. The highest BCUT2D eigenvalue weighted by Gasteiger charge is 2.05. The standard InChI is InChI=1S/C10H13N5S/c1-15(2)8-5-3-7(4-6-8)9-13-14-10(12-11)16-9/h3-6H,11H2,1-2H3,(H,12,14). The van der Waals surface area contributed by atoms with E-state index < -0.39 is 0 Å². The number of hydrogen-bond donors (Lipinski definition) is 2. The highest BCUT2D eigenvalue weighted by molar-refractivity contribution is 7.18. The van der Waals surface area contributed by atoms with Crippen molar-refractivity contribution in [2.45, 2.75) is 0 Å². The summed E-state index contributed by atoms with van der Waals surface area (Å²) in [6.45, 7) is 0. The minimum absolute atomic E-state index is 0.617. The van der Waals surface area contributed by atoms with Crippen molar-refractivity contribution < 1.29 is 0 Å². The molecule has 1 heterocycles. The summed E-state index contributed by atoms with van der Waals surface area (Å²) in [7, 11) is 4.02. The number of aromatic nitrogens is 2. The van der Waals surface area contributed by atoms with Gasteiger partial charge in [0.15, 0.2) is 0 Å². The molecular weight excluding hydrogens is 222 g/mol. The lowest BCUT2D eigenvalue weighted by Gasteiger charge is -2.11. The first-order valence-electron chi connectivity index (χ1n) is 4.78. The van der Waals surface area contributed by atoms with Crippen LogP contribution >= 0.6 is 11.3 Å². The summed E-state index contributed by atoms with van der Waals surface area (Å²) in [5.41, 5.74) is 4.69. The number of hydrogen-bond acceptors (Lipinski definition) is 6. The van der Waals surface area contributed by atoms with Crippen molar-refractivity contribution in [1.29, 1.82) is 0 Å². The van der Waals surface area contributed by atoms with Gasteiger partial charge in [-0.2, -0.15) is 0 Å². The van der Waals surface area contributed by atoms with Gasteiger partial charge >= 0.3 is 0 Å². The average molecular weight is 235 g/mol. The van der Waals surface area contributed by atoms with E-state index in [9.17, 15) is 0 Å². The maximum Gasteiger partial charge on any atom is 0.220 e. The molecule has 0 fully saturated rings. The molecule has 0 spiro atoms. The molecule has 2 rings (SSSR count). The van der Waals surface area contributed by atoms with Gasteiger partial charge in [0.2, 0.25) is 5.13 Å². The van der Waals surface area contributed by atoms with Gasteiger partial charge in [0.1, 0.15) is 5.01 Å². The second kappa shape index (κ2) is 4.46. The summed E-state index contributed by atoms with van der Waals surface area (Å²) in [5, 5.41) is 9.41. The lowest BCUT2D eigenvalue weighted by atomic mass is 10.2. The van der Waals surface area contributed by atoms with E-state index in [1.54, 1.807) is 0 Å². The third-order valence-electron chi connectivity index (χ3n) is 2.18.